The number of aryl methyl sites for hydroxylation is 2. The van der Waals surface area contributed by atoms with Crippen LogP contribution in [0, 0.1) is 5.82 Å². The topological polar surface area (TPSA) is 60.1 Å². The number of nitrogens with zero attached hydrogens (tertiary/aromatic N) is 2. The first kappa shape index (κ1) is 16.0. The van der Waals surface area contributed by atoms with Gasteiger partial charge in [-0.3, -0.25) is 4.79 Å². The van der Waals surface area contributed by atoms with Crippen LogP contribution in [0.4, 0.5) is 4.39 Å². The minimum atomic E-state index is -0.643. The van der Waals surface area contributed by atoms with Crippen molar-refractivity contribution in [1.29, 1.82) is 0 Å². The van der Waals surface area contributed by atoms with E-state index in [-0.39, 0.29) is 18.1 Å². The van der Waals surface area contributed by atoms with Crippen molar-refractivity contribution in [3.63, 3.8) is 0 Å². The molecule has 5 nitrogen and oxygen atoms in total. The van der Waals surface area contributed by atoms with E-state index in [4.69, 9.17) is 4.42 Å². The van der Waals surface area contributed by atoms with Crippen molar-refractivity contribution in [2.45, 2.75) is 18.9 Å². The molecule has 24 heavy (non-hydrogen) atoms. The molecule has 0 radical (unpaired) electrons. The van der Waals surface area contributed by atoms with Crippen molar-refractivity contribution in [3.8, 4) is 0 Å². The number of benzene rings is 1. The number of hydrogen-bond acceptors (Lipinski definition) is 3. The summed E-state index contributed by atoms with van der Waals surface area (Å²) in [6.45, 7) is 0. The second kappa shape index (κ2) is 7.12. The summed E-state index contributed by atoms with van der Waals surface area (Å²) in [6.07, 6.45) is 5.70. The molecule has 2 aromatic heterocycles. The molecule has 0 saturated carbocycles. The Bertz CT molecular complexity index is 811. The highest BCUT2D eigenvalue weighted by Gasteiger charge is 2.23. The van der Waals surface area contributed by atoms with Gasteiger partial charge in [-0.25, -0.2) is 9.37 Å². The van der Waals surface area contributed by atoms with Gasteiger partial charge in [0, 0.05) is 37.8 Å². The first-order valence-corrected chi connectivity index (χ1v) is 7.68. The molecular weight excluding hydrogens is 309 g/mol. The molecule has 0 fully saturated rings. The number of aromatic nitrogens is 2. The molecule has 3 aromatic rings. The van der Waals surface area contributed by atoms with Gasteiger partial charge in [0.25, 0.3) is 0 Å². The first-order chi connectivity index (χ1) is 11.6. The third-order valence-corrected chi connectivity index (χ3v) is 3.82. The summed E-state index contributed by atoms with van der Waals surface area (Å²) in [6, 6.07) is 9.34. The summed E-state index contributed by atoms with van der Waals surface area (Å²) in [5.74, 6) is 0.746. The molecule has 1 N–H and O–H groups in total. The Balaban J connectivity index is 1.79. The fraction of sp³-hybridized carbons (Fsp3) is 0.222. The van der Waals surface area contributed by atoms with Crippen LogP contribution in [0.3, 0.4) is 0 Å². The van der Waals surface area contributed by atoms with E-state index in [0.29, 0.717) is 17.8 Å². The van der Waals surface area contributed by atoms with Gasteiger partial charge in [0.15, 0.2) is 0 Å². The number of carbonyl (C=O) groups is 1. The lowest BCUT2D eigenvalue weighted by molar-refractivity contribution is -0.121. The van der Waals surface area contributed by atoms with Gasteiger partial charge < -0.3 is 14.3 Å². The zero-order chi connectivity index (χ0) is 16.9. The summed E-state index contributed by atoms with van der Waals surface area (Å²) in [5, 5.41) is 2.88. The largest absolute Gasteiger partial charge is 0.469 e. The monoisotopic (exact) mass is 327 g/mol. The predicted octanol–water partition coefficient (Wildman–Crippen LogP) is 2.99. The molecule has 1 atom stereocenters. The second-order valence-electron chi connectivity index (χ2n) is 5.50. The highest BCUT2D eigenvalue weighted by atomic mass is 19.1. The molecule has 0 aliphatic heterocycles. The van der Waals surface area contributed by atoms with Crippen LogP contribution in [0.15, 0.2) is 59.5 Å². The molecule has 0 bridgehead atoms. The molecule has 6 heteroatoms. The maximum atomic E-state index is 14.2. The molecule has 0 aliphatic carbocycles. The van der Waals surface area contributed by atoms with E-state index in [9.17, 15) is 9.18 Å². The van der Waals surface area contributed by atoms with Gasteiger partial charge in [-0.1, -0.05) is 18.2 Å². The third-order valence-electron chi connectivity index (χ3n) is 3.82. The molecular formula is C18H18FN3O2. The molecule has 1 amide bonds. The SMILES string of the molecule is Cn1ccnc1[C@@H](NC(=O)CCc1ccco1)c1ccccc1F. The van der Waals surface area contributed by atoms with Gasteiger partial charge in [0.2, 0.25) is 5.91 Å². The van der Waals surface area contributed by atoms with Crippen LogP contribution < -0.4 is 5.32 Å². The van der Waals surface area contributed by atoms with Crippen LogP contribution in [0.25, 0.3) is 0 Å². The Labute approximate surface area is 139 Å². The van der Waals surface area contributed by atoms with Crippen molar-refractivity contribution in [1.82, 2.24) is 14.9 Å². The minimum Gasteiger partial charge on any atom is -0.469 e. The summed E-state index contributed by atoms with van der Waals surface area (Å²) in [4.78, 5) is 16.6. The first-order valence-electron chi connectivity index (χ1n) is 7.68. The van der Waals surface area contributed by atoms with Gasteiger partial charge in [-0.2, -0.15) is 0 Å². The predicted molar refractivity (Wildman–Crippen MR) is 86.6 cm³/mol. The van der Waals surface area contributed by atoms with Gasteiger partial charge in [0.1, 0.15) is 23.4 Å². The lowest BCUT2D eigenvalue weighted by Crippen LogP contribution is -2.31. The van der Waals surface area contributed by atoms with Gasteiger partial charge in [-0.15, -0.1) is 0 Å². The van der Waals surface area contributed by atoms with Crippen LogP contribution >= 0.6 is 0 Å². The lowest BCUT2D eigenvalue weighted by Gasteiger charge is -2.19. The Morgan fingerprint density at radius 1 is 1.33 bits per heavy atom. The number of imidazole rings is 1. The number of amides is 1. The molecule has 0 spiro atoms. The molecule has 0 saturated heterocycles. The van der Waals surface area contributed by atoms with E-state index in [1.807, 2.05) is 13.1 Å². The number of furan rings is 1. The van der Waals surface area contributed by atoms with E-state index >= 15 is 0 Å². The van der Waals surface area contributed by atoms with Gasteiger partial charge in [0.05, 0.1) is 6.26 Å². The van der Waals surface area contributed by atoms with E-state index in [1.54, 1.807) is 47.5 Å². The van der Waals surface area contributed by atoms with Crippen molar-refractivity contribution < 1.29 is 13.6 Å². The van der Waals surface area contributed by atoms with Crippen LogP contribution in [-0.2, 0) is 18.3 Å². The maximum absolute atomic E-state index is 14.2. The fourth-order valence-electron chi connectivity index (χ4n) is 2.57. The van der Waals surface area contributed by atoms with Crippen molar-refractivity contribution in [3.05, 3.63) is 78.0 Å². The standard InChI is InChI=1S/C18H18FN3O2/c1-22-11-10-20-18(22)17(14-6-2-3-7-15(14)19)21-16(23)9-8-13-5-4-12-24-13/h2-7,10-12,17H,8-9H2,1H3,(H,21,23)/t17-/m0/s1. The normalized spacial score (nSPS) is 12.1. The Morgan fingerprint density at radius 3 is 2.83 bits per heavy atom. The van der Waals surface area contributed by atoms with Crippen molar-refractivity contribution in [2.75, 3.05) is 0 Å². The van der Waals surface area contributed by atoms with E-state index in [2.05, 4.69) is 10.3 Å². The number of carbonyl (C=O) groups excluding carboxylic acids is 1. The van der Waals surface area contributed by atoms with Gasteiger partial charge in [-0.05, 0) is 18.2 Å². The second-order valence-corrected chi connectivity index (χ2v) is 5.50. The zero-order valence-electron chi connectivity index (χ0n) is 13.3. The molecule has 0 unspecified atom stereocenters. The Morgan fingerprint density at radius 2 is 2.17 bits per heavy atom. The summed E-state index contributed by atoms with van der Waals surface area (Å²) in [5.41, 5.74) is 0.387. The molecule has 0 aliphatic rings. The van der Waals surface area contributed by atoms with Crippen molar-refractivity contribution >= 4 is 5.91 Å². The van der Waals surface area contributed by atoms with Gasteiger partial charge >= 0.3 is 0 Å². The summed E-state index contributed by atoms with van der Waals surface area (Å²) < 4.78 is 21.2. The molecule has 2 heterocycles. The number of halogens is 1. The summed E-state index contributed by atoms with van der Waals surface area (Å²) >= 11 is 0. The number of nitrogens with one attached hydrogen (secondary N) is 1. The smallest absolute Gasteiger partial charge is 0.221 e. The van der Waals surface area contributed by atoms with Crippen LogP contribution in [0.1, 0.15) is 29.6 Å². The van der Waals surface area contributed by atoms with E-state index in [0.717, 1.165) is 5.76 Å². The Kier molecular flexibility index (Phi) is 4.74. The van der Waals surface area contributed by atoms with E-state index in [1.165, 1.54) is 6.07 Å². The number of hydrogen-bond donors (Lipinski definition) is 1. The van der Waals surface area contributed by atoms with Crippen LogP contribution in [0.2, 0.25) is 0 Å². The average molecular weight is 327 g/mol. The number of rotatable bonds is 6. The highest BCUT2D eigenvalue weighted by Crippen LogP contribution is 2.23. The molecule has 3 rings (SSSR count). The average Bonchev–Trinajstić information content (AvgIpc) is 3.23. The fourth-order valence-corrected chi connectivity index (χ4v) is 2.57. The summed E-state index contributed by atoms with van der Waals surface area (Å²) in [7, 11) is 1.81. The third kappa shape index (κ3) is 3.53. The van der Waals surface area contributed by atoms with E-state index < -0.39 is 6.04 Å². The molecule has 1 aromatic carbocycles. The highest BCUT2D eigenvalue weighted by molar-refractivity contribution is 5.77. The Hall–Kier alpha value is -2.89. The minimum absolute atomic E-state index is 0.192. The maximum Gasteiger partial charge on any atom is 0.221 e. The van der Waals surface area contributed by atoms with Crippen LogP contribution in [0.5, 0.6) is 0 Å². The zero-order valence-corrected chi connectivity index (χ0v) is 13.3. The quantitative estimate of drug-likeness (QED) is 0.757. The molecule has 124 valence electrons. The van der Waals surface area contributed by atoms with Crippen molar-refractivity contribution in [2.24, 2.45) is 7.05 Å². The lowest BCUT2D eigenvalue weighted by atomic mass is 10.0. The van der Waals surface area contributed by atoms with Crippen LogP contribution in [-0.4, -0.2) is 15.5 Å².